The molecule has 37 heavy (non-hydrogen) atoms. The second-order valence-corrected chi connectivity index (χ2v) is 9.64. The minimum absolute atomic E-state index is 0.0648. The summed E-state index contributed by atoms with van der Waals surface area (Å²) in [5, 5.41) is 16.6. The molecule has 0 aromatic carbocycles. The number of fused-ring (bicyclic) bond motifs is 2. The van der Waals surface area contributed by atoms with Gasteiger partial charge in [-0.15, -0.1) is 0 Å². The monoisotopic (exact) mass is 572 g/mol. The molecule has 0 saturated heterocycles. The fourth-order valence-electron chi connectivity index (χ4n) is 3.60. The molecule has 6 rings (SSSR count). The van der Waals surface area contributed by atoms with Crippen molar-refractivity contribution < 1.29 is 28.9 Å². The van der Waals surface area contributed by atoms with E-state index in [1.807, 2.05) is 24.3 Å². The lowest BCUT2D eigenvalue weighted by molar-refractivity contribution is 0.0594. The zero-order valence-electron chi connectivity index (χ0n) is 20.7. The number of esters is 2. The summed E-state index contributed by atoms with van der Waals surface area (Å²) in [6, 6.07) is 7.35. The number of pyridine rings is 2. The smallest absolute Gasteiger partial charge is 0.341 e. The lowest BCUT2D eigenvalue weighted by Crippen LogP contribution is -2.24. The van der Waals surface area contributed by atoms with Gasteiger partial charge in [0.25, 0.3) is 0 Å². The second kappa shape index (κ2) is 12.2. The molecule has 4 heterocycles. The van der Waals surface area contributed by atoms with Crippen molar-refractivity contribution in [3.8, 4) is 5.75 Å². The van der Waals surface area contributed by atoms with E-state index >= 15 is 0 Å². The lowest BCUT2D eigenvalue weighted by Gasteiger charge is -2.26. The summed E-state index contributed by atoms with van der Waals surface area (Å²) in [5.74, 6) is 0.0340. The van der Waals surface area contributed by atoms with Crippen molar-refractivity contribution in [2.75, 3.05) is 14.2 Å². The molecule has 196 valence electrons. The highest BCUT2D eigenvalue weighted by atomic mass is 79.9. The molecule has 11 heteroatoms. The van der Waals surface area contributed by atoms with Gasteiger partial charge in [0.2, 0.25) is 0 Å². The summed E-state index contributed by atoms with van der Waals surface area (Å²) < 4.78 is 19.3. The molecule has 2 aliphatic carbocycles. The number of halogens is 1. The molecule has 4 aromatic rings. The maximum Gasteiger partial charge on any atom is 0.341 e. The van der Waals surface area contributed by atoms with Crippen molar-refractivity contribution in [3.05, 3.63) is 64.7 Å². The minimum atomic E-state index is -0.377. The van der Waals surface area contributed by atoms with Crippen LogP contribution in [0.1, 0.15) is 59.2 Å². The maximum absolute atomic E-state index is 11.5. The van der Waals surface area contributed by atoms with E-state index in [2.05, 4.69) is 30.9 Å². The Kier molecular flexibility index (Phi) is 8.78. The molecule has 0 aliphatic heterocycles. The van der Waals surface area contributed by atoms with Gasteiger partial charge in [-0.3, -0.25) is 0 Å². The normalized spacial score (nSPS) is 14.9. The van der Waals surface area contributed by atoms with E-state index in [-0.39, 0.29) is 18.0 Å². The van der Waals surface area contributed by atoms with Gasteiger partial charge in [-0.1, -0.05) is 0 Å². The molecule has 2 saturated carbocycles. The van der Waals surface area contributed by atoms with Crippen molar-refractivity contribution in [2.45, 2.75) is 50.7 Å². The van der Waals surface area contributed by atoms with Crippen LogP contribution in [0.5, 0.6) is 5.75 Å². The van der Waals surface area contributed by atoms with Crippen LogP contribution in [0.15, 0.2) is 53.5 Å². The number of hydrogen-bond acceptors (Lipinski definition) is 8. The largest absolute Gasteiger partial charge is 0.489 e. The van der Waals surface area contributed by atoms with Gasteiger partial charge >= 0.3 is 11.9 Å². The van der Waals surface area contributed by atoms with Crippen LogP contribution in [-0.2, 0) is 9.47 Å². The maximum atomic E-state index is 11.5. The van der Waals surface area contributed by atoms with Gasteiger partial charge in [-0.05, 0) is 78.7 Å². The molecule has 2 aliphatic rings. The quantitative estimate of drug-likeness (QED) is 0.356. The highest BCUT2D eigenvalue weighted by Gasteiger charge is 2.20. The fraction of sp³-hybridized carbons (Fsp3) is 0.385. The van der Waals surface area contributed by atoms with Crippen LogP contribution in [0, 0.1) is 0 Å². The third-order valence-electron chi connectivity index (χ3n) is 6.21. The van der Waals surface area contributed by atoms with Gasteiger partial charge in [0.05, 0.1) is 56.1 Å². The first kappa shape index (κ1) is 26.6. The van der Waals surface area contributed by atoms with Crippen molar-refractivity contribution in [1.82, 2.24) is 19.2 Å². The molecular formula is C26H29BrN4O6. The Balaban J connectivity index is 0.000000149. The van der Waals surface area contributed by atoms with Crippen LogP contribution in [0.4, 0.5) is 0 Å². The number of carbonyl (C=O) groups is 2. The van der Waals surface area contributed by atoms with Crippen LogP contribution >= 0.6 is 15.9 Å². The van der Waals surface area contributed by atoms with Crippen LogP contribution < -0.4 is 4.74 Å². The van der Waals surface area contributed by atoms with E-state index < -0.39 is 0 Å². The molecule has 0 bridgehead atoms. The molecule has 10 nitrogen and oxygen atoms in total. The topological polar surface area (TPSA) is 117 Å². The minimum Gasteiger partial charge on any atom is -0.489 e. The predicted molar refractivity (Wildman–Crippen MR) is 139 cm³/mol. The number of carbonyl (C=O) groups excluding carboxylic acids is 2. The van der Waals surface area contributed by atoms with Crippen molar-refractivity contribution in [2.24, 2.45) is 0 Å². The van der Waals surface area contributed by atoms with Gasteiger partial charge < -0.3 is 19.3 Å². The van der Waals surface area contributed by atoms with E-state index in [1.165, 1.54) is 39.5 Å². The molecule has 0 radical (unpaired) electrons. The number of aromatic nitrogens is 4. The molecule has 0 atom stereocenters. The summed E-state index contributed by atoms with van der Waals surface area (Å²) in [6.45, 7) is 0. The van der Waals surface area contributed by atoms with E-state index in [0.717, 1.165) is 46.9 Å². The van der Waals surface area contributed by atoms with Gasteiger partial charge in [-0.2, -0.15) is 10.2 Å². The number of rotatable bonds is 4. The third kappa shape index (κ3) is 6.47. The van der Waals surface area contributed by atoms with Crippen LogP contribution in [0.25, 0.3) is 11.0 Å². The molecule has 2 fully saturated rings. The standard InChI is InChI=1S/C13H14N2O3.C9H7BrN2O2.C4H8O/c1-17-13(16)11-7-14-15-8-10(5-6-12(11)15)18-9-3-2-4-9;1-14-9(13)7-4-11-12-5-6(10)2-3-8(7)12;5-4-2-1-3-4/h5-9H,2-4H2,1H3;2-5H,1H3;4-5H,1-3H2. The zero-order valence-corrected chi connectivity index (χ0v) is 22.3. The Hall–Kier alpha value is -3.44. The van der Waals surface area contributed by atoms with Crippen LogP contribution in [-0.4, -0.2) is 62.7 Å². The van der Waals surface area contributed by atoms with Crippen molar-refractivity contribution >= 4 is 38.9 Å². The highest BCUT2D eigenvalue weighted by molar-refractivity contribution is 9.10. The molecule has 1 N–H and O–H groups in total. The Morgan fingerprint density at radius 3 is 1.84 bits per heavy atom. The number of aliphatic hydroxyl groups is 1. The Morgan fingerprint density at radius 2 is 1.38 bits per heavy atom. The third-order valence-corrected chi connectivity index (χ3v) is 6.68. The second-order valence-electron chi connectivity index (χ2n) is 8.73. The van der Waals surface area contributed by atoms with Crippen molar-refractivity contribution in [1.29, 1.82) is 0 Å². The number of nitrogens with zero attached hydrogens (tertiary/aromatic N) is 4. The fourth-order valence-corrected chi connectivity index (χ4v) is 3.92. The van der Waals surface area contributed by atoms with Crippen molar-refractivity contribution in [3.63, 3.8) is 0 Å². The summed E-state index contributed by atoms with van der Waals surface area (Å²) in [6.07, 6.45) is 13.8. The lowest BCUT2D eigenvalue weighted by atomic mass is 9.96. The van der Waals surface area contributed by atoms with Crippen LogP contribution in [0.2, 0.25) is 0 Å². The first-order valence-corrected chi connectivity index (χ1v) is 12.8. The highest BCUT2D eigenvalue weighted by Crippen LogP contribution is 2.26. The number of aliphatic hydroxyl groups excluding tert-OH is 1. The average Bonchev–Trinajstić information content (AvgIpc) is 3.48. The van der Waals surface area contributed by atoms with E-state index in [1.54, 1.807) is 21.4 Å². The Labute approximate surface area is 222 Å². The summed E-state index contributed by atoms with van der Waals surface area (Å²) in [5.41, 5.74) is 2.40. The summed E-state index contributed by atoms with van der Waals surface area (Å²) in [4.78, 5) is 22.8. The van der Waals surface area contributed by atoms with Gasteiger partial charge in [0.1, 0.15) is 16.9 Å². The predicted octanol–water partition coefficient (Wildman–Crippen LogP) is 4.47. The summed E-state index contributed by atoms with van der Waals surface area (Å²) in [7, 11) is 2.71. The number of ether oxygens (including phenoxy) is 3. The van der Waals surface area contributed by atoms with Gasteiger partial charge in [0, 0.05) is 10.7 Å². The molecule has 0 spiro atoms. The Bertz CT molecular complexity index is 1380. The average molecular weight is 573 g/mol. The first-order chi connectivity index (χ1) is 17.9. The molecular weight excluding hydrogens is 544 g/mol. The molecule has 4 aromatic heterocycles. The number of methoxy groups -OCH3 is 2. The zero-order chi connectivity index (χ0) is 26.4. The molecule has 0 unspecified atom stereocenters. The van der Waals surface area contributed by atoms with E-state index in [4.69, 9.17) is 14.6 Å². The SMILES string of the molecule is COC(=O)c1cnn2cc(Br)ccc12.COC(=O)c1cnn2cc(OC3CCC3)ccc12.OC1CCC1. The number of hydrogen-bond donors (Lipinski definition) is 1. The van der Waals surface area contributed by atoms with Gasteiger partial charge in [0.15, 0.2) is 0 Å². The first-order valence-electron chi connectivity index (χ1n) is 12.0. The van der Waals surface area contributed by atoms with E-state index in [0.29, 0.717) is 17.2 Å². The van der Waals surface area contributed by atoms with Gasteiger partial charge in [-0.25, -0.2) is 18.6 Å². The van der Waals surface area contributed by atoms with Crippen LogP contribution in [0.3, 0.4) is 0 Å². The molecule has 0 amide bonds. The van der Waals surface area contributed by atoms with E-state index in [9.17, 15) is 9.59 Å². The Morgan fingerprint density at radius 1 is 0.865 bits per heavy atom. The summed E-state index contributed by atoms with van der Waals surface area (Å²) >= 11 is 3.32.